The number of halogens is 1. The molecule has 3 aromatic rings. The molecular formula is C19H18ClN3O2. The summed E-state index contributed by atoms with van der Waals surface area (Å²) in [4.78, 5) is 12.1. The van der Waals surface area contributed by atoms with E-state index in [1.54, 1.807) is 16.9 Å². The van der Waals surface area contributed by atoms with Crippen molar-refractivity contribution in [2.24, 2.45) is 7.05 Å². The molecule has 1 N–H and O–H groups in total. The van der Waals surface area contributed by atoms with E-state index in [0.717, 1.165) is 16.8 Å². The van der Waals surface area contributed by atoms with Gasteiger partial charge in [0.25, 0.3) is 0 Å². The first-order valence-electron chi connectivity index (χ1n) is 7.83. The maximum atomic E-state index is 12.1. The number of anilines is 1. The van der Waals surface area contributed by atoms with E-state index >= 15 is 0 Å². The van der Waals surface area contributed by atoms with E-state index in [9.17, 15) is 4.79 Å². The van der Waals surface area contributed by atoms with Gasteiger partial charge in [-0.2, -0.15) is 5.10 Å². The third-order valence-electron chi connectivity index (χ3n) is 3.71. The molecule has 0 aliphatic heterocycles. The number of rotatable bonds is 6. The van der Waals surface area contributed by atoms with Crippen LogP contribution in [0, 0.1) is 0 Å². The minimum absolute atomic E-state index is 0.0405. The monoisotopic (exact) mass is 355 g/mol. The number of carbonyl (C=O) groups is 1. The van der Waals surface area contributed by atoms with Crippen molar-refractivity contribution in [3.63, 3.8) is 0 Å². The number of aromatic nitrogens is 2. The van der Waals surface area contributed by atoms with Crippen LogP contribution in [-0.2, 0) is 23.2 Å². The third kappa shape index (κ3) is 4.47. The highest BCUT2D eigenvalue weighted by Gasteiger charge is 2.07. The van der Waals surface area contributed by atoms with Crippen LogP contribution in [0.3, 0.4) is 0 Å². The highest BCUT2D eigenvalue weighted by Crippen LogP contribution is 2.22. The van der Waals surface area contributed by atoms with Crippen LogP contribution in [0.4, 0.5) is 5.69 Å². The van der Waals surface area contributed by atoms with Gasteiger partial charge in [0.1, 0.15) is 6.61 Å². The molecule has 0 atom stereocenters. The van der Waals surface area contributed by atoms with Crippen molar-refractivity contribution >= 4 is 23.2 Å². The molecular weight excluding hydrogens is 338 g/mol. The molecule has 0 aliphatic rings. The van der Waals surface area contributed by atoms with E-state index in [1.807, 2.05) is 55.6 Å². The molecule has 0 unspecified atom stereocenters. The van der Waals surface area contributed by atoms with Crippen molar-refractivity contribution in [2.45, 2.75) is 6.61 Å². The summed E-state index contributed by atoms with van der Waals surface area (Å²) in [5, 5.41) is 7.63. The summed E-state index contributed by atoms with van der Waals surface area (Å²) >= 11 is 6.06. The zero-order valence-electron chi connectivity index (χ0n) is 13.8. The minimum Gasteiger partial charge on any atom is -0.367 e. The lowest BCUT2D eigenvalue weighted by molar-refractivity contribution is -0.121. The average Bonchev–Trinajstić information content (AvgIpc) is 3.03. The Morgan fingerprint density at radius 3 is 2.80 bits per heavy atom. The predicted molar refractivity (Wildman–Crippen MR) is 98.4 cm³/mol. The van der Waals surface area contributed by atoms with Gasteiger partial charge in [0, 0.05) is 29.5 Å². The molecule has 0 fully saturated rings. The minimum atomic E-state index is -0.214. The average molecular weight is 356 g/mol. The van der Waals surface area contributed by atoms with Crippen LogP contribution in [0.2, 0.25) is 5.02 Å². The number of benzene rings is 2. The fourth-order valence-electron chi connectivity index (χ4n) is 2.48. The molecule has 0 aliphatic carbocycles. The van der Waals surface area contributed by atoms with E-state index in [1.165, 1.54) is 0 Å². The smallest absolute Gasteiger partial charge is 0.250 e. The molecule has 6 heteroatoms. The third-order valence-corrected chi connectivity index (χ3v) is 4.08. The Hall–Kier alpha value is -2.63. The van der Waals surface area contributed by atoms with Crippen LogP contribution >= 0.6 is 11.6 Å². The summed E-state index contributed by atoms with van der Waals surface area (Å²) < 4.78 is 7.23. The number of hydrogen-bond donors (Lipinski definition) is 1. The Morgan fingerprint density at radius 1 is 1.20 bits per heavy atom. The number of ether oxygens (including phenoxy) is 1. The zero-order valence-corrected chi connectivity index (χ0v) is 14.5. The number of carbonyl (C=O) groups excluding carboxylic acids is 1. The summed E-state index contributed by atoms with van der Waals surface area (Å²) in [6, 6.07) is 16.9. The quantitative estimate of drug-likeness (QED) is 0.729. The maximum Gasteiger partial charge on any atom is 0.250 e. The fourth-order valence-corrected chi connectivity index (χ4v) is 2.67. The van der Waals surface area contributed by atoms with Crippen molar-refractivity contribution < 1.29 is 9.53 Å². The van der Waals surface area contributed by atoms with Gasteiger partial charge in [0.05, 0.1) is 12.3 Å². The van der Waals surface area contributed by atoms with E-state index < -0.39 is 0 Å². The molecule has 0 radical (unpaired) electrons. The lowest BCUT2D eigenvalue weighted by atomic mass is 10.1. The molecule has 3 rings (SSSR count). The van der Waals surface area contributed by atoms with Crippen molar-refractivity contribution in [1.29, 1.82) is 0 Å². The molecule has 25 heavy (non-hydrogen) atoms. The van der Waals surface area contributed by atoms with Gasteiger partial charge in [-0.3, -0.25) is 9.48 Å². The Kier molecular flexibility index (Phi) is 5.48. The van der Waals surface area contributed by atoms with Gasteiger partial charge in [-0.05, 0) is 29.8 Å². The molecule has 0 saturated heterocycles. The lowest BCUT2D eigenvalue weighted by Gasteiger charge is -2.09. The van der Waals surface area contributed by atoms with E-state index in [0.29, 0.717) is 17.3 Å². The normalized spacial score (nSPS) is 10.6. The van der Waals surface area contributed by atoms with Gasteiger partial charge in [0.15, 0.2) is 0 Å². The number of aryl methyl sites for hydroxylation is 1. The molecule has 128 valence electrons. The number of nitrogens with zero attached hydrogens (tertiary/aromatic N) is 2. The topological polar surface area (TPSA) is 56.2 Å². The number of amides is 1. The van der Waals surface area contributed by atoms with E-state index in [2.05, 4.69) is 10.4 Å². The van der Waals surface area contributed by atoms with Crippen LogP contribution in [0.5, 0.6) is 0 Å². The van der Waals surface area contributed by atoms with E-state index in [4.69, 9.17) is 16.3 Å². The molecule has 2 aromatic carbocycles. The van der Waals surface area contributed by atoms with Gasteiger partial charge in [-0.15, -0.1) is 0 Å². The summed E-state index contributed by atoms with van der Waals surface area (Å²) in [6.45, 7) is 0.253. The molecule has 0 saturated carbocycles. The zero-order chi connectivity index (χ0) is 17.6. The predicted octanol–water partition coefficient (Wildman–Crippen LogP) is 3.90. The van der Waals surface area contributed by atoms with Crippen molar-refractivity contribution in [3.05, 3.63) is 71.4 Å². The first-order valence-corrected chi connectivity index (χ1v) is 8.21. The highest BCUT2D eigenvalue weighted by atomic mass is 35.5. The fraction of sp³-hybridized carbons (Fsp3) is 0.158. The van der Waals surface area contributed by atoms with Gasteiger partial charge < -0.3 is 10.1 Å². The molecule has 0 bridgehead atoms. The van der Waals surface area contributed by atoms with Crippen molar-refractivity contribution in [2.75, 3.05) is 11.9 Å². The van der Waals surface area contributed by atoms with Gasteiger partial charge in [-0.25, -0.2) is 0 Å². The first-order chi connectivity index (χ1) is 12.1. The van der Waals surface area contributed by atoms with E-state index in [-0.39, 0.29) is 12.5 Å². The molecule has 1 aromatic heterocycles. The van der Waals surface area contributed by atoms with Crippen LogP contribution < -0.4 is 5.32 Å². The Bertz CT molecular complexity index is 876. The Balaban J connectivity index is 1.56. The summed E-state index contributed by atoms with van der Waals surface area (Å²) in [5.41, 5.74) is 3.53. The first kappa shape index (κ1) is 17.2. The second kappa shape index (κ2) is 7.96. The Morgan fingerprint density at radius 2 is 2.04 bits per heavy atom. The highest BCUT2D eigenvalue weighted by molar-refractivity contribution is 6.31. The second-order valence-electron chi connectivity index (χ2n) is 5.55. The summed E-state index contributed by atoms with van der Waals surface area (Å²) in [6.07, 6.45) is 1.74. The molecule has 1 amide bonds. The van der Waals surface area contributed by atoms with Crippen LogP contribution in [0.1, 0.15) is 5.56 Å². The van der Waals surface area contributed by atoms with Crippen LogP contribution in [0.15, 0.2) is 60.8 Å². The van der Waals surface area contributed by atoms with Gasteiger partial charge in [-0.1, -0.05) is 41.9 Å². The molecule has 0 spiro atoms. The second-order valence-corrected chi connectivity index (χ2v) is 5.96. The standard InChI is InChI=1S/C19H18ClN3O2/c1-23-18(9-10-21-23)14-6-4-7-16(11-14)22-19(24)13-25-12-15-5-2-3-8-17(15)20/h2-11H,12-13H2,1H3,(H,22,24). The lowest BCUT2D eigenvalue weighted by Crippen LogP contribution is -2.18. The molecule has 5 nitrogen and oxygen atoms in total. The SMILES string of the molecule is Cn1nccc1-c1cccc(NC(=O)COCc2ccccc2Cl)c1. The summed E-state index contributed by atoms with van der Waals surface area (Å²) in [7, 11) is 1.88. The van der Waals surface area contributed by atoms with Gasteiger partial charge in [0.2, 0.25) is 5.91 Å². The molecule has 1 heterocycles. The van der Waals surface area contributed by atoms with Crippen molar-refractivity contribution in [1.82, 2.24) is 9.78 Å². The summed E-state index contributed by atoms with van der Waals surface area (Å²) in [5.74, 6) is -0.214. The van der Waals surface area contributed by atoms with Crippen LogP contribution in [-0.4, -0.2) is 22.3 Å². The Labute approximate surface area is 151 Å². The van der Waals surface area contributed by atoms with Gasteiger partial charge >= 0.3 is 0 Å². The van der Waals surface area contributed by atoms with Crippen molar-refractivity contribution in [3.8, 4) is 11.3 Å². The maximum absolute atomic E-state index is 12.1. The largest absolute Gasteiger partial charge is 0.367 e. The number of nitrogens with one attached hydrogen (secondary N) is 1. The number of hydrogen-bond acceptors (Lipinski definition) is 3. The van der Waals surface area contributed by atoms with Crippen LogP contribution in [0.25, 0.3) is 11.3 Å².